The molecule has 0 aliphatic carbocycles. The van der Waals surface area contributed by atoms with Crippen molar-refractivity contribution in [3.8, 4) is 0 Å². The molecule has 4 atom stereocenters. The van der Waals surface area contributed by atoms with Crippen LogP contribution < -0.4 is 0 Å². The molecule has 0 saturated heterocycles. The predicted molar refractivity (Wildman–Crippen MR) is 86.7 cm³/mol. The average Bonchev–Trinajstić information content (AvgIpc) is 2.36. The maximum atomic E-state index is 12.0. The Balaban J connectivity index is 5.79. The van der Waals surface area contributed by atoms with E-state index in [1.54, 1.807) is 20.8 Å². The van der Waals surface area contributed by atoms with Gasteiger partial charge in [0.25, 0.3) is 0 Å². The molecule has 0 aromatic rings. The third kappa shape index (κ3) is 6.58. The number of hydrogen-bond donors (Lipinski definition) is 6. The summed E-state index contributed by atoms with van der Waals surface area (Å²) in [6.45, 7) is 8.08. The normalized spacial score (nSPS) is 19.8. The van der Waals surface area contributed by atoms with Crippen molar-refractivity contribution in [3.05, 3.63) is 0 Å². The van der Waals surface area contributed by atoms with Crippen molar-refractivity contribution in [2.24, 2.45) is 5.41 Å². The van der Waals surface area contributed by atoms with Crippen molar-refractivity contribution < 1.29 is 48.8 Å². The highest BCUT2D eigenvalue weighted by Gasteiger charge is 2.60. The lowest BCUT2D eigenvalue weighted by Gasteiger charge is -2.48. The summed E-state index contributed by atoms with van der Waals surface area (Å²) in [5.41, 5.74) is -4.58. The van der Waals surface area contributed by atoms with Crippen LogP contribution in [-0.4, -0.2) is 72.3 Å². The molecule has 0 rings (SSSR count). The SMILES string of the molecule is CC(C)(C)O[C@@](C(=O)O)(C(O)C(O)C(O)COP(=O)(O)O)C(C)(C)C. The van der Waals surface area contributed by atoms with Crippen LogP contribution >= 0.6 is 7.82 Å². The Morgan fingerprint density at radius 2 is 1.48 bits per heavy atom. The van der Waals surface area contributed by atoms with Gasteiger partial charge in [0.15, 0.2) is 5.60 Å². The summed E-state index contributed by atoms with van der Waals surface area (Å²) in [4.78, 5) is 29.3. The molecule has 6 N–H and O–H groups in total. The van der Waals surface area contributed by atoms with Crippen LogP contribution in [0.3, 0.4) is 0 Å². The van der Waals surface area contributed by atoms with Gasteiger partial charge in [-0.2, -0.15) is 0 Å². The molecule has 0 heterocycles. The minimum atomic E-state index is -4.92. The Labute approximate surface area is 146 Å². The molecule has 3 unspecified atom stereocenters. The first kappa shape index (κ1) is 24.4. The second kappa shape index (κ2) is 7.98. The van der Waals surface area contributed by atoms with E-state index in [4.69, 9.17) is 14.5 Å². The molecule has 11 heteroatoms. The summed E-state index contributed by atoms with van der Waals surface area (Å²) < 4.78 is 20.4. The molecule has 0 aliphatic rings. The van der Waals surface area contributed by atoms with Crippen molar-refractivity contribution in [2.75, 3.05) is 6.61 Å². The molecule has 0 amide bonds. The molecule has 0 fully saturated rings. The molecule has 0 spiro atoms. The minimum Gasteiger partial charge on any atom is -0.479 e. The Hall–Kier alpha value is -0.580. The molecular formula is C14H29O10P. The number of hydrogen-bond acceptors (Lipinski definition) is 7. The first-order valence-electron chi connectivity index (χ1n) is 7.53. The molecule has 0 radical (unpaired) electrons. The Morgan fingerprint density at radius 3 is 1.76 bits per heavy atom. The quantitative estimate of drug-likeness (QED) is 0.307. The van der Waals surface area contributed by atoms with Crippen LogP contribution in [0.25, 0.3) is 0 Å². The zero-order chi connectivity index (χ0) is 20.4. The van der Waals surface area contributed by atoms with E-state index in [2.05, 4.69) is 4.52 Å². The lowest BCUT2D eigenvalue weighted by atomic mass is 9.70. The highest BCUT2D eigenvalue weighted by Crippen LogP contribution is 2.42. The standard InChI is InChI=1S/C14H29O10P/c1-12(2,3)14(11(18)19,24-13(4,5)6)10(17)9(16)8(15)7-23-25(20,21)22/h8-10,15-17H,7H2,1-6H3,(H,18,19)(H2,20,21,22)/t8?,9?,10?,14-/m1/s1. The number of aliphatic carboxylic acids is 1. The molecule has 10 nitrogen and oxygen atoms in total. The third-order valence-electron chi connectivity index (χ3n) is 3.45. The number of aliphatic hydroxyl groups excluding tert-OH is 3. The van der Waals surface area contributed by atoms with Gasteiger partial charge in [-0.3, -0.25) is 4.52 Å². The van der Waals surface area contributed by atoms with E-state index in [0.717, 1.165) is 0 Å². The van der Waals surface area contributed by atoms with Crippen LogP contribution in [0.15, 0.2) is 0 Å². The van der Waals surface area contributed by atoms with Crippen LogP contribution in [0.4, 0.5) is 0 Å². The van der Waals surface area contributed by atoms with Crippen molar-refractivity contribution in [3.63, 3.8) is 0 Å². The molecule has 0 aliphatic heterocycles. The van der Waals surface area contributed by atoms with Crippen molar-refractivity contribution in [2.45, 2.75) is 71.1 Å². The molecule has 0 aromatic carbocycles. The number of rotatable bonds is 8. The van der Waals surface area contributed by atoms with Gasteiger partial charge >= 0.3 is 13.8 Å². The zero-order valence-electron chi connectivity index (χ0n) is 15.2. The van der Waals surface area contributed by atoms with Gasteiger partial charge in [-0.15, -0.1) is 0 Å². The number of aliphatic hydroxyl groups is 3. The average molecular weight is 388 g/mol. The van der Waals surface area contributed by atoms with E-state index in [1.165, 1.54) is 20.8 Å². The van der Waals surface area contributed by atoms with E-state index in [9.17, 15) is 29.8 Å². The van der Waals surface area contributed by atoms with E-state index >= 15 is 0 Å². The largest absolute Gasteiger partial charge is 0.479 e. The van der Waals surface area contributed by atoms with E-state index in [0.29, 0.717) is 0 Å². The fourth-order valence-electron chi connectivity index (χ4n) is 2.35. The van der Waals surface area contributed by atoms with Crippen LogP contribution in [0.5, 0.6) is 0 Å². The van der Waals surface area contributed by atoms with Crippen molar-refractivity contribution in [1.29, 1.82) is 0 Å². The lowest BCUT2D eigenvalue weighted by molar-refractivity contribution is -0.258. The summed E-state index contributed by atoms with van der Waals surface area (Å²) in [6, 6.07) is 0. The van der Waals surface area contributed by atoms with Gasteiger partial charge in [0, 0.05) is 5.41 Å². The second-order valence-electron chi connectivity index (χ2n) is 7.79. The first-order valence-corrected chi connectivity index (χ1v) is 9.06. The predicted octanol–water partition coefficient (Wildman–Crippen LogP) is -0.137. The van der Waals surface area contributed by atoms with E-state index in [1.807, 2.05) is 0 Å². The van der Waals surface area contributed by atoms with Gasteiger partial charge in [-0.1, -0.05) is 20.8 Å². The summed E-state index contributed by atoms with van der Waals surface area (Å²) in [7, 11) is -4.92. The highest BCUT2D eigenvalue weighted by molar-refractivity contribution is 7.46. The van der Waals surface area contributed by atoms with E-state index < -0.39 is 55.3 Å². The maximum Gasteiger partial charge on any atom is 0.469 e. The molecule has 25 heavy (non-hydrogen) atoms. The van der Waals surface area contributed by atoms with Gasteiger partial charge in [-0.25, -0.2) is 9.36 Å². The number of ether oxygens (including phenoxy) is 1. The van der Waals surface area contributed by atoms with E-state index in [-0.39, 0.29) is 0 Å². The minimum absolute atomic E-state index is 1.02. The second-order valence-corrected chi connectivity index (χ2v) is 9.03. The van der Waals surface area contributed by atoms with Gasteiger partial charge in [0.2, 0.25) is 0 Å². The summed E-state index contributed by atoms with van der Waals surface area (Å²) in [6.07, 6.45) is -6.20. The smallest absolute Gasteiger partial charge is 0.469 e. The summed E-state index contributed by atoms with van der Waals surface area (Å²) in [5, 5.41) is 40.3. The lowest BCUT2D eigenvalue weighted by Crippen LogP contribution is -2.67. The first-order chi connectivity index (χ1) is 10.8. The summed E-state index contributed by atoms with van der Waals surface area (Å²) >= 11 is 0. The van der Waals surface area contributed by atoms with Gasteiger partial charge in [-0.05, 0) is 20.8 Å². The number of carboxylic acids is 1. The monoisotopic (exact) mass is 388 g/mol. The fourth-order valence-corrected chi connectivity index (χ4v) is 2.70. The molecule has 0 saturated carbocycles. The third-order valence-corrected chi connectivity index (χ3v) is 3.93. The van der Waals surface area contributed by atoms with Gasteiger partial charge < -0.3 is 34.9 Å². The topological polar surface area (TPSA) is 174 Å². The Bertz CT molecular complexity index is 503. The van der Waals surface area contributed by atoms with Crippen LogP contribution in [-0.2, 0) is 18.6 Å². The van der Waals surface area contributed by atoms with Crippen LogP contribution in [0.1, 0.15) is 41.5 Å². The molecule has 150 valence electrons. The fraction of sp³-hybridized carbons (Fsp3) is 0.929. The summed E-state index contributed by atoms with van der Waals surface area (Å²) in [5.74, 6) is -1.57. The van der Waals surface area contributed by atoms with Crippen LogP contribution in [0.2, 0.25) is 0 Å². The van der Waals surface area contributed by atoms with Crippen molar-refractivity contribution in [1.82, 2.24) is 0 Å². The molecule has 0 aromatic heterocycles. The Kier molecular flexibility index (Phi) is 7.79. The molecule has 0 bridgehead atoms. The Morgan fingerprint density at radius 1 is 1.04 bits per heavy atom. The highest BCUT2D eigenvalue weighted by atomic mass is 31.2. The number of carboxylic acid groups (broad SMARTS) is 1. The van der Waals surface area contributed by atoms with Gasteiger partial charge in [0.1, 0.15) is 18.3 Å². The maximum absolute atomic E-state index is 12.0. The number of phosphoric ester groups is 1. The number of carbonyl (C=O) groups is 1. The number of phosphoric acid groups is 1. The van der Waals surface area contributed by atoms with Gasteiger partial charge in [0.05, 0.1) is 12.2 Å². The molecular weight excluding hydrogens is 359 g/mol. The van der Waals surface area contributed by atoms with Crippen molar-refractivity contribution >= 4 is 13.8 Å². The zero-order valence-corrected chi connectivity index (χ0v) is 16.1. The van der Waals surface area contributed by atoms with Crippen LogP contribution in [0, 0.1) is 5.41 Å².